The molecule has 20 heavy (non-hydrogen) atoms. The number of aromatic hydroxyl groups is 1. The third kappa shape index (κ3) is 4.06. The van der Waals surface area contributed by atoms with Crippen LogP contribution in [0, 0.1) is 5.41 Å². The van der Waals surface area contributed by atoms with E-state index in [1.54, 1.807) is 12.1 Å². The Labute approximate surface area is 118 Å². The van der Waals surface area contributed by atoms with Gasteiger partial charge >= 0.3 is 0 Å². The van der Waals surface area contributed by atoms with Crippen molar-refractivity contribution in [2.24, 2.45) is 11.1 Å². The van der Waals surface area contributed by atoms with Crippen LogP contribution in [0.15, 0.2) is 28.8 Å². The van der Waals surface area contributed by atoms with Crippen LogP contribution >= 0.6 is 0 Å². The number of nitrogens with zero attached hydrogens (tertiary/aromatic N) is 2. The van der Waals surface area contributed by atoms with Crippen molar-refractivity contribution >= 4 is 0 Å². The maximum Gasteiger partial charge on any atom is 0.243 e. The summed E-state index contributed by atoms with van der Waals surface area (Å²) in [7, 11) is 0. The topological polar surface area (TPSA) is 85.2 Å². The van der Waals surface area contributed by atoms with Crippen molar-refractivity contribution < 1.29 is 9.63 Å². The van der Waals surface area contributed by atoms with E-state index in [9.17, 15) is 5.11 Å². The lowest BCUT2D eigenvalue weighted by molar-refractivity contribution is 0.339. The third-order valence-corrected chi connectivity index (χ3v) is 2.88. The highest BCUT2D eigenvalue weighted by Gasteiger charge is 2.19. The van der Waals surface area contributed by atoms with Crippen molar-refractivity contribution in [2.75, 3.05) is 0 Å². The Hall–Kier alpha value is -1.88. The predicted molar refractivity (Wildman–Crippen MR) is 76.2 cm³/mol. The summed E-state index contributed by atoms with van der Waals surface area (Å²) in [5.41, 5.74) is 7.22. The zero-order chi connectivity index (χ0) is 14.8. The first kappa shape index (κ1) is 14.5. The van der Waals surface area contributed by atoms with Crippen molar-refractivity contribution in [2.45, 2.75) is 39.7 Å². The van der Waals surface area contributed by atoms with Gasteiger partial charge < -0.3 is 15.4 Å². The van der Waals surface area contributed by atoms with Gasteiger partial charge in [-0.05, 0) is 29.5 Å². The number of phenols is 1. The lowest BCUT2D eigenvalue weighted by Crippen LogP contribution is -2.14. The molecule has 0 unspecified atom stereocenters. The SMILES string of the molecule is CC(C)(C)Cc1noc([C@H](N)Cc2ccc(O)cc2)n1. The van der Waals surface area contributed by atoms with Gasteiger partial charge in [0.1, 0.15) is 5.75 Å². The van der Waals surface area contributed by atoms with Gasteiger partial charge in [0.2, 0.25) is 5.89 Å². The summed E-state index contributed by atoms with van der Waals surface area (Å²) in [6, 6.07) is 6.62. The molecule has 1 aromatic heterocycles. The summed E-state index contributed by atoms with van der Waals surface area (Å²) in [6.07, 6.45) is 1.35. The second kappa shape index (κ2) is 5.63. The van der Waals surface area contributed by atoms with Crippen molar-refractivity contribution in [3.05, 3.63) is 41.5 Å². The van der Waals surface area contributed by atoms with Crippen LogP contribution < -0.4 is 5.73 Å². The molecule has 1 heterocycles. The van der Waals surface area contributed by atoms with Gasteiger partial charge in [-0.15, -0.1) is 0 Å². The third-order valence-electron chi connectivity index (χ3n) is 2.88. The number of hydrogen-bond donors (Lipinski definition) is 2. The van der Waals surface area contributed by atoms with Gasteiger partial charge in [-0.3, -0.25) is 0 Å². The summed E-state index contributed by atoms with van der Waals surface area (Å²) in [6.45, 7) is 6.37. The maximum atomic E-state index is 9.25. The molecule has 0 saturated carbocycles. The molecule has 1 aromatic carbocycles. The van der Waals surface area contributed by atoms with Gasteiger partial charge in [-0.1, -0.05) is 38.1 Å². The predicted octanol–water partition coefficient (Wildman–Crippen LogP) is 2.61. The van der Waals surface area contributed by atoms with E-state index in [0.29, 0.717) is 18.1 Å². The Morgan fingerprint density at radius 2 is 1.90 bits per heavy atom. The second-order valence-electron chi connectivity index (χ2n) is 6.26. The van der Waals surface area contributed by atoms with Crippen LogP contribution in [0.3, 0.4) is 0 Å². The van der Waals surface area contributed by atoms with Gasteiger partial charge in [-0.2, -0.15) is 4.98 Å². The van der Waals surface area contributed by atoms with E-state index in [0.717, 1.165) is 12.0 Å². The Morgan fingerprint density at radius 1 is 1.25 bits per heavy atom. The monoisotopic (exact) mass is 275 g/mol. The minimum absolute atomic E-state index is 0.113. The fraction of sp³-hybridized carbons (Fsp3) is 0.467. The van der Waals surface area contributed by atoms with Gasteiger partial charge in [0.15, 0.2) is 5.82 Å². The minimum atomic E-state index is -0.333. The zero-order valence-electron chi connectivity index (χ0n) is 12.1. The van der Waals surface area contributed by atoms with Gasteiger partial charge in [-0.25, -0.2) is 0 Å². The average molecular weight is 275 g/mol. The largest absolute Gasteiger partial charge is 0.508 e. The fourth-order valence-corrected chi connectivity index (χ4v) is 1.94. The first-order valence-electron chi connectivity index (χ1n) is 6.69. The summed E-state index contributed by atoms with van der Waals surface area (Å²) in [5, 5.41) is 13.2. The lowest BCUT2D eigenvalue weighted by atomic mass is 9.92. The molecule has 0 saturated heterocycles. The summed E-state index contributed by atoms with van der Waals surface area (Å²) in [5.74, 6) is 1.39. The molecule has 3 N–H and O–H groups in total. The molecule has 108 valence electrons. The average Bonchev–Trinajstić information content (AvgIpc) is 2.78. The van der Waals surface area contributed by atoms with E-state index >= 15 is 0 Å². The molecular formula is C15H21N3O2. The van der Waals surface area contributed by atoms with E-state index < -0.39 is 0 Å². The Morgan fingerprint density at radius 3 is 2.50 bits per heavy atom. The van der Waals surface area contributed by atoms with Crippen LogP contribution in [0.2, 0.25) is 0 Å². The van der Waals surface area contributed by atoms with Crippen molar-refractivity contribution in [3.8, 4) is 5.75 Å². The molecule has 0 aliphatic carbocycles. The molecule has 2 rings (SSSR count). The Balaban J connectivity index is 2.02. The van der Waals surface area contributed by atoms with Crippen LogP contribution in [-0.4, -0.2) is 15.2 Å². The Bertz CT molecular complexity index is 555. The molecule has 2 aromatic rings. The van der Waals surface area contributed by atoms with Gasteiger partial charge in [0, 0.05) is 6.42 Å². The Kier molecular flexibility index (Phi) is 4.09. The first-order valence-corrected chi connectivity index (χ1v) is 6.69. The highest BCUT2D eigenvalue weighted by molar-refractivity contribution is 5.26. The summed E-state index contributed by atoms with van der Waals surface area (Å²) < 4.78 is 5.23. The van der Waals surface area contributed by atoms with Crippen LogP contribution in [0.25, 0.3) is 0 Å². The summed E-state index contributed by atoms with van der Waals surface area (Å²) >= 11 is 0. The van der Waals surface area contributed by atoms with E-state index in [4.69, 9.17) is 10.3 Å². The van der Waals surface area contributed by atoms with Crippen molar-refractivity contribution in [3.63, 3.8) is 0 Å². The number of phenolic OH excluding ortho intramolecular Hbond substituents is 1. The molecular weight excluding hydrogens is 254 g/mol. The van der Waals surface area contributed by atoms with E-state index in [2.05, 4.69) is 30.9 Å². The molecule has 0 aliphatic heterocycles. The van der Waals surface area contributed by atoms with E-state index in [1.807, 2.05) is 12.1 Å². The van der Waals surface area contributed by atoms with Crippen molar-refractivity contribution in [1.82, 2.24) is 10.1 Å². The fourth-order valence-electron chi connectivity index (χ4n) is 1.94. The lowest BCUT2D eigenvalue weighted by Gasteiger charge is -2.14. The van der Waals surface area contributed by atoms with E-state index in [1.165, 1.54) is 0 Å². The minimum Gasteiger partial charge on any atom is -0.508 e. The number of aromatic nitrogens is 2. The smallest absolute Gasteiger partial charge is 0.243 e. The van der Waals surface area contributed by atoms with Crippen LogP contribution in [0.4, 0.5) is 0 Å². The molecule has 0 fully saturated rings. The highest BCUT2D eigenvalue weighted by Crippen LogP contribution is 2.21. The molecule has 0 aliphatic rings. The highest BCUT2D eigenvalue weighted by atomic mass is 16.5. The molecule has 0 radical (unpaired) electrons. The molecule has 5 nitrogen and oxygen atoms in total. The number of benzene rings is 1. The van der Waals surface area contributed by atoms with Crippen LogP contribution in [0.5, 0.6) is 5.75 Å². The first-order chi connectivity index (χ1) is 9.33. The maximum absolute atomic E-state index is 9.25. The summed E-state index contributed by atoms with van der Waals surface area (Å²) in [4.78, 5) is 4.36. The number of nitrogens with two attached hydrogens (primary N) is 1. The van der Waals surface area contributed by atoms with Gasteiger partial charge in [0.05, 0.1) is 6.04 Å². The number of rotatable bonds is 4. The normalized spacial score (nSPS) is 13.4. The second-order valence-corrected chi connectivity index (χ2v) is 6.26. The molecule has 0 bridgehead atoms. The molecule has 0 spiro atoms. The van der Waals surface area contributed by atoms with Crippen LogP contribution in [0.1, 0.15) is 44.1 Å². The van der Waals surface area contributed by atoms with E-state index in [-0.39, 0.29) is 17.2 Å². The number of hydrogen-bond acceptors (Lipinski definition) is 5. The molecule has 5 heteroatoms. The van der Waals surface area contributed by atoms with Crippen LogP contribution in [-0.2, 0) is 12.8 Å². The van der Waals surface area contributed by atoms with Crippen molar-refractivity contribution in [1.29, 1.82) is 0 Å². The van der Waals surface area contributed by atoms with Gasteiger partial charge in [0.25, 0.3) is 0 Å². The zero-order valence-corrected chi connectivity index (χ0v) is 12.1. The molecule has 0 amide bonds. The quantitative estimate of drug-likeness (QED) is 0.895. The molecule has 1 atom stereocenters. The standard InChI is InChI=1S/C15H21N3O2/c1-15(2,3)9-13-17-14(20-18-13)12(16)8-10-4-6-11(19)7-5-10/h4-7,12,19H,8-9,16H2,1-3H3/t12-/m1/s1.